The number of carbonyl (C=O) groups is 2. The molecule has 0 amide bonds. The third-order valence-electron chi connectivity index (χ3n) is 4.71. The summed E-state index contributed by atoms with van der Waals surface area (Å²) in [7, 11) is 0. The molecular weight excluding hydrogens is 556 g/mol. The largest absolute Gasteiger partial charge is 0.478 e. The summed E-state index contributed by atoms with van der Waals surface area (Å²) in [6.45, 7) is 8.61. The van der Waals surface area contributed by atoms with Crippen molar-refractivity contribution in [3.8, 4) is 5.88 Å². The molecule has 0 spiro atoms. The molecule has 2 fully saturated rings. The average molecular weight is 587 g/mol. The number of aromatic nitrogens is 2. The van der Waals surface area contributed by atoms with Gasteiger partial charge in [0.1, 0.15) is 23.4 Å². The molecule has 37 heavy (non-hydrogen) atoms. The molecule has 2 aliphatic heterocycles. The Morgan fingerprint density at radius 2 is 1.46 bits per heavy atom. The van der Waals surface area contributed by atoms with Crippen LogP contribution in [0, 0.1) is 0 Å². The lowest BCUT2D eigenvalue weighted by Gasteiger charge is -2.17. The van der Waals surface area contributed by atoms with Gasteiger partial charge in [-0.1, -0.05) is 0 Å². The third kappa shape index (κ3) is 11.1. The second kappa shape index (κ2) is 13.7. The van der Waals surface area contributed by atoms with Gasteiger partial charge < -0.3 is 39.0 Å². The number of pyridine rings is 2. The Morgan fingerprint density at radius 3 is 1.86 bits per heavy atom. The number of hydrogen-bond donors (Lipinski definition) is 3. The van der Waals surface area contributed by atoms with Gasteiger partial charge in [0, 0.05) is 18.5 Å². The summed E-state index contributed by atoms with van der Waals surface area (Å²) in [5.41, 5.74) is 0.380. The molecule has 13 heteroatoms. The van der Waals surface area contributed by atoms with E-state index in [0.29, 0.717) is 17.8 Å². The molecule has 0 saturated carbocycles. The number of halogens is 1. The maximum absolute atomic E-state index is 10.8. The van der Waals surface area contributed by atoms with Crippen molar-refractivity contribution in [1.82, 2.24) is 9.97 Å². The van der Waals surface area contributed by atoms with Crippen LogP contribution in [0.15, 0.2) is 41.3 Å². The number of hydrogen-bond acceptors (Lipinski definition) is 10. The fourth-order valence-electron chi connectivity index (χ4n) is 3.03. The van der Waals surface area contributed by atoms with Gasteiger partial charge in [0.15, 0.2) is 11.6 Å². The zero-order valence-corrected chi connectivity index (χ0v) is 22.5. The summed E-state index contributed by atoms with van der Waals surface area (Å²) in [4.78, 5) is 28.8. The van der Waals surface area contributed by atoms with Crippen LogP contribution in [-0.2, 0) is 18.9 Å². The van der Waals surface area contributed by atoms with E-state index < -0.39 is 23.5 Å². The molecule has 2 aromatic heterocycles. The van der Waals surface area contributed by atoms with E-state index in [2.05, 4.69) is 25.9 Å². The van der Waals surface area contributed by atoms with Crippen molar-refractivity contribution in [2.45, 2.75) is 51.5 Å². The first-order valence-electron chi connectivity index (χ1n) is 11.2. The monoisotopic (exact) mass is 586 g/mol. The minimum absolute atomic E-state index is 0.0451. The van der Waals surface area contributed by atoms with E-state index in [1.807, 2.05) is 27.7 Å². The molecule has 0 bridgehead atoms. The Morgan fingerprint density at radius 1 is 0.946 bits per heavy atom. The van der Waals surface area contributed by atoms with Crippen LogP contribution in [0.5, 0.6) is 5.88 Å². The molecule has 4 heterocycles. The standard InChI is InChI=1S/C12H15NO5.C6H4BrNO2.C6H12O3/c1-12(2)17-7-9(18-12)6-16-10-5-8(11(14)15)3-4-13-10;7-5-3-4(6(9)10)1-2-8-5;1-6(2)8-4-5(3-7)9-6/h3-5,9H,6-7H2,1-2H3,(H,14,15);1-3H,(H,9,10);5,7H,3-4H2,1-2H3/t9-;;5-/m1.1/s1. The highest BCUT2D eigenvalue weighted by Gasteiger charge is 2.33. The van der Waals surface area contributed by atoms with E-state index in [0.717, 1.165) is 0 Å². The smallest absolute Gasteiger partial charge is 0.335 e. The maximum Gasteiger partial charge on any atom is 0.335 e. The van der Waals surface area contributed by atoms with Crippen LogP contribution in [0.4, 0.5) is 0 Å². The van der Waals surface area contributed by atoms with Gasteiger partial charge >= 0.3 is 11.9 Å². The molecule has 0 radical (unpaired) electrons. The van der Waals surface area contributed by atoms with Gasteiger partial charge in [-0.05, 0) is 61.8 Å². The summed E-state index contributed by atoms with van der Waals surface area (Å²) in [6, 6.07) is 5.67. The van der Waals surface area contributed by atoms with E-state index in [-0.39, 0.29) is 42.4 Å². The average Bonchev–Trinajstić information content (AvgIpc) is 3.38. The fourth-order valence-corrected chi connectivity index (χ4v) is 3.40. The number of carboxylic acid groups (broad SMARTS) is 2. The van der Waals surface area contributed by atoms with Gasteiger partial charge in [-0.25, -0.2) is 19.6 Å². The number of nitrogens with zero attached hydrogens (tertiary/aromatic N) is 2. The summed E-state index contributed by atoms with van der Waals surface area (Å²) < 4.78 is 27.3. The van der Waals surface area contributed by atoms with Crippen LogP contribution < -0.4 is 4.74 Å². The Kier molecular flexibility index (Phi) is 11.3. The molecule has 2 saturated heterocycles. The quantitative estimate of drug-likeness (QED) is 0.424. The van der Waals surface area contributed by atoms with Crippen LogP contribution in [0.1, 0.15) is 48.4 Å². The second-order valence-electron chi connectivity index (χ2n) is 8.76. The molecule has 2 aliphatic rings. The minimum atomic E-state index is -1.01. The van der Waals surface area contributed by atoms with Crippen LogP contribution in [0.25, 0.3) is 0 Å². The van der Waals surface area contributed by atoms with Gasteiger partial charge in [0.25, 0.3) is 0 Å². The predicted octanol–water partition coefficient (Wildman–Crippen LogP) is 2.98. The van der Waals surface area contributed by atoms with Gasteiger partial charge in [0.05, 0.1) is 30.9 Å². The summed E-state index contributed by atoms with van der Waals surface area (Å²) in [6.07, 6.45) is 2.54. The van der Waals surface area contributed by atoms with Gasteiger partial charge in [0.2, 0.25) is 5.88 Å². The molecule has 12 nitrogen and oxygen atoms in total. The van der Waals surface area contributed by atoms with E-state index in [4.69, 9.17) is 39.0 Å². The first-order chi connectivity index (χ1) is 17.3. The van der Waals surface area contributed by atoms with Crippen molar-refractivity contribution in [3.63, 3.8) is 0 Å². The molecule has 204 valence electrons. The molecule has 0 unspecified atom stereocenters. The lowest BCUT2D eigenvalue weighted by molar-refractivity contribution is -0.142. The van der Waals surface area contributed by atoms with Crippen molar-refractivity contribution in [2.24, 2.45) is 0 Å². The van der Waals surface area contributed by atoms with Crippen LogP contribution in [0.3, 0.4) is 0 Å². The zero-order valence-electron chi connectivity index (χ0n) is 20.9. The summed E-state index contributed by atoms with van der Waals surface area (Å²) >= 11 is 3.06. The van der Waals surface area contributed by atoms with E-state index in [1.165, 1.54) is 36.7 Å². The highest BCUT2D eigenvalue weighted by atomic mass is 79.9. The first kappa shape index (κ1) is 30.5. The number of ether oxygens (including phenoxy) is 5. The number of carboxylic acids is 2. The maximum atomic E-state index is 10.8. The molecule has 2 aromatic rings. The molecule has 4 rings (SSSR count). The van der Waals surface area contributed by atoms with E-state index in [9.17, 15) is 9.59 Å². The summed E-state index contributed by atoms with van der Waals surface area (Å²) in [5.74, 6) is -2.77. The highest BCUT2D eigenvalue weighted by molar-refractivity contribution is 9.10. The number of aliphatic hydroxyl groups is 1. The van der Waals surface area contributed by atoms with Crippen LogP contribution in [0.2, 0.25) is 0 Å². The third-order valence-corrected chi connectivity index (χ3v) is 5.14. The second-order valence-corrected chi connectivity index (χ2v) is 9.57. The highest BCUT2D eigenvalue weighted by Crippen LogP contribution is 2.23. The minimum Gasteiger partial charge on any atom is -0.478 e. The lowest BCUT2D eigenvalue weighted by atomic mass is 10.3. The van der Waals surface area contributed by atoms with Crippen molar-refractivity contribution in [1.29, 1.82) is 0 Å². The fraction of sp³-hybridized carbons (Fsp3) is 0.500. The number of aromatic carboxylic acids is 2. The van der Waals surface area contributed by atoms with Crippen molar-refractivity contribution in [2.75, 3.05) is 26.4 Å². The van der Waals surface area contributed by atoms with Crippen molar-refractivity contribution < 1.29 is 48.6 Å². The predicted molar refractivity (Wildman–Crippen MR) is 132 cm³/mol. The number of aliphatic hydroxyl groups excluding tert-OH is 1. The molecule has 0 aliphatic carbocycles. The van der Waals surface area contributed by atoms with Gasteiger partial charge in [-0.15, -0.1) is 0 Å². The van der Waals surface area contributed by atoms with Gasteiger partial charge in [-0.3, -0.25) is 0 Å². The van der Waals surface area contributed by atoms with Crippen LogP contribution in [-0.4, -0.2) is 87.4 Å². The Bertz CT molecular complexity index is 1050. The molecule has 0 aromatic carbocycles. The Balaban J connectivity index is 0.000000214. The summed E-state index contributed by atoms with van der Waals surface area (Å²) in [5, 5.41) is 25.9. The topological polar surface area (TPSA) is 167 Å². The first-order valence-corrected chi connectivity index (χ1v) is 12.0. The molecule has 3 N–H and O–H groups in total. The zero-order chi connectivity index (χ0) is 27.6. The Labute approximate surface area is 222 Å². The lowest BCUT2D eigenvalue weighted by Crippen LogP contribution is -2.25. The number of rotatable bonds is 6. The SMILES string of the molecule is CC1(C)OC[C@@H](CO)O1.CC1(C)OC[C@@H](COc2cc(C(=O)O)ccn2)O1.O=C(O)c1ccnc(Br)c1. The molecule has 2 atom stereocenters. The Hall–Kier alpha value is -2.68. The van der Waals surface area contributed by atoms with Crippen LogP contribution >= 0.6 is 15.9 Å². The van der Waals surface area contributed by atoms with Crippen molar-refractivity contribution >= 4 is 27.9 Å². The van der Waals surface area contributed by atoms with E-state index >= 15 is 0 Å². The normalized spacial score (nSPS) is 21.1. The molecular formula is C24H31BrN2O10. The van der Waals surface area contributed by atoms with Crippen molar-refractivity contribution in [3.05, 3.63) is 52.4 Å². The van der Waals surface area contributed by atoms with E-state index in [1.54, 1.807) is 0 Å². The van der Waals surface area contributed by atoms with Gasteiger partial charge in [-0.2, -0.15) is 0 Å².